The summed E-state index contributed by atoms with van der Waals surface area (Å²) < 4.78 is 1.49. The maximum Gasteiger partial charge on any atom is 0.253 e. The Bertz CT molecular complexity index is 785. The SMILES string of the molecule is CCCCC(NC(=O)c1ccc2nnnn2c1)c1cccnc1. The lowest BCUT2D eigenvalue weighted by Gasteiger charge is -2.18. The molecule has 7 heteroatoms. The second-order valence-electron chi connectivity index (χ2n) is 5.35. The van der Waals surface area contributed by atoms with E-state index in [1.54, 1.807) is 30.7 Å². The molecule has 0 aromatic carbocycles. The van der Waals surface area contributed by atoms with Crippen LogP contribution >= 0.6 is 0 Å². The summed E-state index contributed by atoms with van der Waals surface area (Å²) in [6, 6.07) is 7.26. The number of rotatable bonds is 6. The summed E-state index contributed by atoms with van der Waals surface area (Å²) in [5, 5.41) is 14.3. The van der Waals surface area contributed by atoms with E-state index < -0.39 is 0 Å². The van der Waals surface area contributed by atoms with Crippen LogP contribution in [0.25, 0.3) is 5.65 Å². The fourth-order valence-corrected chi connectivity index (χ4v) is 2.43. The molecule has 1 amide bonds. The number of fused-ring (bicyclic) bond motifs is 1. The molecule has 0 fully saturated rings. The molecule has 3 aromatic heterocycles. The van der Waals surface area contributed by atoms with E-state index in [4.69, 9.17) is 0 Å². The van der Waals surface area contributed by atoms with Crippen molar-refractivity contribution in [3.63, 3.8) is 0 Å². The van der Waals surface area contributed by atoms with Crippen molar-refractivity contribution in [1.29, 1.82) is 0 Å². The van der Waals surface area contributed by atoms with Crippen molar-refractivity contribution in [1.82, 2.24) is 30.3 Å². The van der Waals surface area contributed by atoms with Gasteiger partial charge in [-0.25, -0.2) is 0 Å². The summed E-state index contributed by atoms with van der Waals surface area (Å²) in [7, 11) is 0. The largest absolute Gasteiger partial charge is 0.345 e. The van der Waals surface area contributed by atoms with Crippen molar-refractivity contribution in [2.45, 2.75) is 32.2 Å². The molecule has 1 unspecified atom stereocenters. The fraction of sp³-hybridized carbons (Fsp3) is 0.312. The summed E-state index contributed by atoms with van der Waals surface area (Å²) in [5.41, 5.74) is 2.14. The Balaban J connectivity index is 1.79. The average molecular weight is 310 g/mol. The van der Waals surface area contributed by atoms with Crippen molar-refractivity contribution < 1.29 is 4.79 Å². The third kappa shape index (κ3) is 3.50. The highest BCUT2D eigenvalue weighted by molar-refractivity contribution is 5.94. The van der Waals surface area contributed by atoms with E-state index in [9.17, 15) is 4.79 Å². The van der Waals surface area contributed by atoms with Gasteiger partial charge in [0.25, 0.3) is 5.91 Å². The van der Waals surface area contributed by atoms with Gasteiger partial charge in [-0.1, -0.05) is 25.8 Å². The van der Waals surface area contributed by atoms with Crippen LogP contribution in [-0.2, 0) is 0 Å². The van der Waals surface area contributed by atoms with E-state index in [0.717, 1.165) is 24.8 Å². The van der Waals surface area contributed by atoms with Gasteiger partial charge >= 0.3 is 0 Å². The molecule has 1 atom stereocenters. The normalized spacial score (nSPS) is 12.2. The maximum absolute atomic E-state index is 12.5. The van der Waals surface area contributed by atoms with Crippen LogP contribution in [0.3, 0.4) is 0 Å². The van der Waals surface area contributed by atoms with Crippen LogP contribution in [0.4, 0.5) is 0 Å². The number of tetrazole rings is 1. The highest BCUT2D eigenvalue weighted by Crippen LogP contribution is 2.19. The molecule has 3 aromatic rings. The van der Waals surface area contributed by atoms with Gasteiger partial charge in [-0.05, 0) is 40.6 Å². The number of unbranched alkanes of at least 4 members (excludes halogenated alkanes) is 1. The van der Waals surface area contributed by atoms with Crippen LogP contribution in [0.1, 0.15) is 48.1 Å². The van der Waals surface area contributed by atoms with Crippen LogP contribution in [0, 0.1) is 0 Å². The van der Waals surface area contributed by atoms with Crippen molar-refractivity contribution in [2.24, 2.45) is 0 Å². The van der Waals surface area contributed by atoms with Crippen molar-refractivity contribution in [3.8, 4) is 0 Å². The Morgan fingerprint density at radius 3 is 3.04 bits per heavy atom. The molecule has 118 valence electrons. The molecule has 23 heavy (non-hydrogen) atoms. The van der Waals surface area contributed by atoms with Crippen LogP contribution in [0.5, 0.6) is 0 Å². The van der Waals surface area contributed by atoms with Gasteiger partial charge in [-0.2, -0.15) is 4.52 Å². The van der Waals surface area contributed by atoms with Gasteiger partial charge in [0, 0.05) is 18.6 Å². The number of aromatic nitrogens is 5. The molecule has 0 aliphatic rings. The Labute approximate surface area is 133 Å². The molecular formula is C16H18N6O. The average Bonchev–Trinajstić information content (AvgIpc) is 3.06. The van der Waals surface area contributed by atoms with Gasteiger partial charge in [0.2, 0.25) is 0 Å². The minimum atomic E-state index is -0.146. The molecular weight excluding hydrogens is 292 g/mol. The number of amides is 1. The minimum absolute atomic E-state index is 0.0549. The van der Waals surface area contributed by atoms with Gasteiger partial charge in [-0.15, -0.1) is 5.10 Å². The highest BCUT2D eigenvalue weighted by atomic mass is 16.1. The third-order valence-electron chi connectivity index (χ3n) is 3.69. The van der Waals surface area contributed by atoms with Gasteiger partial charge in [0.05, 0.1) is 11.6 Å². The number of hydrogen-bond donors (Lipinski definition) is 1. The lowest BCUT2D eigenvalue weighted by molar-refractivity contribution is 0.0933. The minimum Gasteiger partial charge on any atom is -0.345 e. The number of carbonyl (C=O) groups is 1. The van der Waals surface area contributed by atoms with Crippen LogP contribution in [-0.4, -0.2) is 30.9 Å². The molecule has 1 N–H and O–H groups in total. The van der Waals surface area contributed by atoms with Crippen LogP contribution in [0.2, 0.25) is 0 Å². The molecule has 0 bridgehead atoms. The van der Waals surface area contributed by atoms with Crippen molar-refractivity contribution in [3.05, 3.63) is 54.0 Å². The molecule has 0 radical (unpaired) electrons. The second-order valence-corrected chi connectivity index (χ2v) is 5.35. The molecule has 0 spiro atoms. The lowest BCUT2D eigenvalue weighted by Crippen LogP contribution is -2.29. The zero-order chi connectivity index (χ0) is 16.1. The molecule has 0 aliphatic heterocycles. The van der Waals surface area contributed by atoms with Gasteiger partial charge in [0.1, 0.15) is 0 Å². The maximum atomic E-state index is 12.5. The first-order chi connectivity index (χ1) is 11.3. The van der Waals surface area contributed by atoms with Gasteiger partial charge < -0.3 is 5.32 Å². The summed E-state index contributed by atoms with van der Waals surface area (Å²) >= 11 is 0. The summed E-state index contributed by atoms with van der Waals surface area (Å²) in [4.78, 5) is 16.7. The second kappa shape index (κ2) is 6.95. The monoisotopic (exact) mass is 310 g/mol. The van der Waals surface area contributed by atoms with Gasteiger partial charge in [0.15, 0.2) is 5.65 Å². The Morgan fingerprint density at radius 2 is 2.26 bits per heavy atom. The summed E-state index contributed by atoms with van der Waals surface area (Å²) in [6.07, 6.45) is 8.14. The Morgan fingerprint density at radius 1 is 1.35 bits per heavy atom. The highest BCUT2D eigenvalue weighted by Gasteiger charge is 2.16. The molecule has 7 nitrogen and oxygen atoms in total. The first-order valence-electron chi connectivity index (χ1n) is 7.66. The molecule has 3 heterocycles. The summed E-state index contributed by atoms with van der Waals surface area (Å²) in [5.74, 6) is -0.146. The number of nitrogens with zero attached hydrogens (tertiary/aromatic N) is 5. The first kappa shape index (κ1) is 15.1. The van der Waals surface area contributed by atoms with E-state index in [2.05, 4.69) is 32.7 Å². The van der Waals surface area contributed by atoms with Crippen LogP contribution < -0.4 is 5.32 Å². The Hall–Kier alpha value is -2.83. The molecule has 3 rings (SSSR count). The van der Waals surface area contributed by atoms with E-state index in [0.29, 0.717) is 11.2 Å². The third-order valence-corrected chi connectivity index (χ3v) is 3.69. The van der Waals surface area contributed by atoms with Gasteiger partial charge in [-0.3, -0.25) is 9.78 Å². The van der Waals surface area contributed by atoms with Crippen LogP contribution in [0.15, 0.2) is 42.9 Å². The van der Waals surface area contributed by atoms with Crippen molar-refractivity contribution >= 4 is 11.6 Å². The summed E-state index contributed by atoms with van der Waals surface area (Å²) in [6.45, 7) is 2.13. The number of carbonyl (C=O) groups excluding carboxylic acids is 1. The standard InChI is InChI=1S/C16H18N6O/c1-2-3-6-14(12-5-4-9-17-10-12)18-16(23)13-7-8-15-19-20-21-22(15)11-13/h4-5,7-11,14H,2-3,6H2,1H3,(H,18,23). The molecule has 0 saturated carbocycles. The zero-order valence-corrected chi connectivity index (χ0v) is 12.9. The number of nitrogens with one attached hydrogen (secondary N) is 1. The topological polar surface area (TPSA) is 85.1 Å². The smallest absolute Gasteiger partial charge is 0.253 e. The van der Waals surface area contributed by atoms with E-state index in [1.807, 2.05) is 12.1 Å². The van der Waals surface area contributed by atoms with E-state index in [1.165, 1.54) is 4.52 Å². The number of pyridine rings is 2. The molecule has 0 aliphatic carbocycles. The molecule has 0 saturated heterocycles. The Kier molecular flexibility index (Phi) is 4.56. The zero-order valence-electron chi connectivity index (χ0n) is 12.9. The van der Waals surface area contributed by atoms with E-state index >= 15 is 0 Å². The van der Waals surface area contributed by atoms with E-state index in [-0.39, 0.29) is 11.9 Å². The van der Waals surface area contributed by atoms with Crippen molar-refractivity contribution in [2.75, 3.05) is 0 Å². The lowest BCUT2D eigenvalue weighted by atomic mass is 10.0. The predicted molar refractivity (Wildman–Crippen MR) is 84.8 cm³/mol. The number of hydrogen-bond acceptors (Lipinski definition) is 5. The first-order valence-corrected chi connectivity index (χ1v) is 7.66. The fourth-order valence-electron chi connectivity index (χ4n) is 2.43. The quantitative estimate of drug-likeness (QED) is 0.754. The predicted octanol–water partition coefficient (Wildman–Crippen LogP) is 2.18.